The zero-order valence-electron chi connectivity index (χ0n) is 10.4. The Morgan fingerprint density at radius 3 is 2.05 bits per heavy atom. The van der Waals surface area contributed by atoms with E-state index in [1.165, 1.54) is 0 Å². The van der Waals surface area contributed by atoms with E-state index in [1.54, 1.807) is 19.1 Å². The van der Waals surface area contributed by atoms with Gasteiger partial charge in [0.2, 0.25) is 0 Å². The van der Waals surface area contributed by atoms with E-state index in [0.29, 0.717) is 11.1 Å². The predicted molar refractivity (Wildman–Crippen MR) is 72.7 cm³/mol. The van der Waals surface area contributed by atoms with Crippen LogP contribution in [0.3, 0.4) is 0 Å². The second kappa shape index (κ2) is 3.96. The van der Waals surface area contributed by atoms with Crippen LogP contribution in [0.25, 0.3) is 10.8 Å². The third-order valence-corrected chi connectivity index (χ3v) is 3.43. The van der Waals surface area contributed by atoms with Gasteiger partial charge in [-0.05, 0) is 24.4 Å². The number of hydrogen-bond acceptors (Lipinski definition) is 2. The first kappa shape index (κ1) is 11.5. The average Bonchev–Trinajstić information content (AvgIpc) is 2.44. The van der Waals surface area contributed by atoms with Gasteiger partial charge < -0.3 is 0 Å². The number of imide groups is 1. The van der Waals surface area contributed by atoms with Crippen LogP contribution < -0.4 is 0 Å². The van der Waals surface area contributed by atoms with Crippen LogP contribution in [-0.2, 0) is 0 Å². The molecule has 19 heavy (non-hydrogen) atoms. The van der Waals surface area contributed by atoms with Gasteiger partial charge in [-0.2, -0.15) is 0 Å². The standard InChI is InChI=1S/C16H11NO2/c1-3-10(2)17-15(18)12-8-4-6-11-7-5-9-13(14(11)12)16(17)19/h1,4-10H,2H3. The molecule has 1 aliphatic rings. The third kappa shape index (κ3) is 1.47. The SMILES string of the molecule is C#CC(C)N1C(=O)c2cccc3cccc(c23)C1=O. The lowest BCUT2D eigenvalue weighted by Crippen LogP contribution is -2.45. The third-order valence-electron chi connectivity index (χ3n) is 3.43. The number of amides is 2. The van der Waals surface area contributed by atoms with Crippen LogP contribution in [0.15, 0.2) is 36.4 Å². The summed E-state index contributed by atoms with van der Waals surface area (Å²) in [5.74, 6) is 1.80. The molecule has 1 atom stereocenters. The minimum absolute atomic E-state index is 0.320. The number of terminal acetylenes is 1. The van der Waals surface area contributed by atoms with Crippen molar-refractivity contribution in [2.75, 3.05) is 0 Å². The van der Waals surface area contributed by atoms with E-state index in [2.05, 4.69) is 5.92 Å². The van der Waals surface area contributed by atoms with Crippen LogP contribution in [0.2, 0.25) is 0 Å². The molecule has 2 aromatic rings. The maximum Gasteiger partial charge on any atom is 0.262 e. The molecule has 0 saturated heterocycles. The number of carbonyl (C=O) groups excluding carboxylic acids is 2. The van der Waals surface area contributed by atoms with Crippen molar-refractivity contribution in [1.29, 1.82) is 0 Å². The molecule has 1 heterocycles. The second-order valence-corrected chi connectivity index (χ2v) is 4.53. The zero-order chi connectivity index (χ0) is 13.6. The summed E-state index contributed by atoms with van der Waals surface area (Å²) >= 11 is 0. The van der Waals surface area contributed by atoms with E-state index in [9.17, 15) is 9.59 Å². The molecule has 0 spiro atoms. The number of benzene rings is 2. The lowest BCUT2D eigenvalue weighted by Gasteiger charge is -2.29. The number of carbonyl (C=O) groups is 2. The highest BCUT2D eigenvalue weighted by atomic mass is 16.2. The van der Waals surface area contributed by atoms with Crippen LogP contribution >= 0.6 is 0 Å². The molecule has 0 N–H and O–H groups in total. The highest BCUT2D eigenvalue weighted by Gasteiger charge is 2.34. The van der Waals surface area contributed by atoms with Gasteiger partial charge in [0.15, 0.2) is 0 Å². The second-order valence-electron chi connectivity index (χ2n) is 4.53. The fraction of sp³-hybridized carbons (Fsp3) is 0.125. The van der Waals surface area contributed by atoms with E-state index in [4.69, 9.17) is 6.42 Å². The van der Waals surface area contributed by atoms with Crippen LogP contribution in [-0.4, -0.2) is 22.8 Å². The number of nitrogens with zero attached hydrogens (tertiary/aromatic N) is 1. The first-order valence-electron chi connectivity index (χ1n) is 6.01. The van der Waals surface area contributed by atoms with Crippen molar-refractivity contribution < 1.29 is 9.59 Å². The van der Waals surface area contributed by atoms with Gasteiger partial charge in [-0.1, -0.05) is 30.2 Å². The maximum absolute atomic E-state index is 12.4. The predicted octanol–water partition coefficient (Wildman–Crippen LogP) is 2.46. The molecule has 1 unspecified atom stereocenters. The summed E-state index contributed by atoms with van der Waals surface area (Å²) in [6.07, 6.45) is 5.35. The summed E-state index contributed by atoms with van der Waals surface area (Å²) in [4.78, 5) is 26.0. The molecule has 2 aromatic carbocycles. The largest absolute Gasteiger partial charge is 0.269 e. The fourth-order valence-electron chi connectivity index (χ4n) is 2.48. The van der Waals surface area contributed by atoms with Crippen LogP contribution in [0.5, 0.6) is 0 Å². The number of rotatable bonds is 1. The zero-order valence-corrected chi connectivity index (χ0v) is 10.4. The van der Waals surface area contributed by atoms with Gasteiger partial charge in [0, 0.05) is 16.5 Å². The van der Waals surface area contributed by atoms with E-state index in [1.807, 2.05) is 24.3 Å². The van der Waals surface area contributed by atoms with Crippen LogP contribution in [0.1, 0.15) is 27.6 Å². The summed E-state index contributed by atoms with van der Waals surface area (Å²) in [7, 11) is 0. The molecule has 0 aromatic heterocycles. The first-order chi connectivity index (χ1) is 9.15. The van der Waals surface area contributed by atoms with Gasteiger partial charge in [-0.3, -0.25) is 14.5 Å². The molecule has 3 heteroatoms. The maximum atomic E-state index is 12.4. The van der Waals surface area contributed by atoms with E-state index < -0.39 is 6.04 Å². The van der Waals surface area contributed by atoms with Gasteiger partial charge in [-0.15, -0.1) is 6.42 Å². The summed E-state index contributed by atoms with van der Waals surface area (Å²) in [5, 5.41) is 1.62. The van der Waals surface area contributed by atoms with Crippen molar-refractivity contribution in [2.24, 2.45) is 0 Å². The Morgan fingerprint density at radius 1 is 1.05 bits per heavy atom. The first-order valence-corrected chi connectivity index (χ1v) is 6.01. The molecule has 0 radical (unpaired) electrons. The Hall–Kier alpha value is -2.60. The molecule has 92 valence electrons. The minimum atomic E-state index is -0.552. The lowest BCUT2D eigenvalue weighted by molar-refractivity contribution is 0.0586. The number of hydrogen-bond donors (Lipinski definition) is 0. The summed E-state index contributed by atoms with van der Waals surface area (Å²) in [6, 6.07) is 10.3. The molecular weight excluding hydrogens is 238 g/mol. The summed E-state index contributed by atoms with van der Waals surface area (Å²) in [5.41, 5.74) is 1.07. The van der Waals surface area contributed by atoms with Gasteiger partial charge in [0.05, 0.1) is 6.04 Å². The normalized spacial score (nSPS) is 15.5. The Labute approximate surface area is 110 Å². The molecule has 0 bridgehead atoms. The van der Waals surface area contributed by atoms with Crippen molar-refractivity contribution in [3.63, 3.8) is 0 Å². The van der Waals surface area contributed by atoms with E-state index in [0.717, 1.165) is 15.7 Å². The van der Waals surface area contributed by atoms with Gasteiger partial charge in [0.25, 0.3) is 11.8 Å². The monoisotopic (exact) mass is 249 g/mol. The van der Waals surface area contributed by atoms with Crippen LogP contribution in [0.4, 0.5) is 0 Å². The lowest BCUT2D eigenvalue weighted by atomic mass is 9.93. The smallest absolute Gasteiger partial charge is 0.262 e. The highest BCUT2D eigenvalue weighted by Crippen LogP contribution is 2.30. The van der Waals surface area contributed by atoms with Crippen molar-refractivity contribution >= 4 is 22.6 Å². The molecule has 2 amide bonds. The van der Waals surface area contributed by atoms with Gasteiger partial charge in [0.1, 0.15) is 0 Å². The summed E-state index contributed by atoms with van der Waals surface area (Å²) < 4.78 is 0. The highest BCUT2D eigenvalue weighted by molar-refractivity contribution is 6.25. The van der Waals surface area contributed by atoms with Crippen molar-refractivity contribution in [1.82, 2.24) is 4.90 Å². The van der Waals surface area contributed by atoms with Gasteiger partial charge in [-0.25, -0.2) is 0 Å². The summed E-state index contributed by atoms with van der Waals surface area (Å²) in [6.45, 7) is 1.67. The quantitative estimate of drug-likeness (QED) is 0.575. The molecule has 3 nitrogen and oxygen atoms in total. The Balaban J connectivity index is 2.35. The molecule has 1 aliphatic heterocycles. The van der Waals surface area contributed by atoms with Gasteiger partial charge >= 0.3 is 0 Å². The molecule has 3 rings (SSSR count). The van der Waals surface area contributed by atoms with E-state index >= 15 is 0 Å². The van der Waals surface area contributed by atoms with E-state index in [-0.39, 0.29) is 11.8 Å². The molecule has 0 saturated carbocycles. The molecular formula is C16H11NO2. The van der Waals surface area contributed by atoms with Crippen LogP contribution in [0, 0.1) is 12.3 Å². The topological polar surface area (TPSA) is 37.4 Å². The Kier molecular flexibility index (Phi) is 2.39. The fourth-order valence-corrected chi connectivity index (χ4v) is 2.48. The average molecular weight is 249 g/mol. The molecule has 0 aliphatic carbocycles. The minimum Gasteiger partial charge on any atom is -0.269 e. The van der Waals surface area contributed by atoms with Crippen molar-refractivity contribution in [3.8, 4) is 12.3 Å². The Morgan fingerprint density at radius 2 is 1.58 bits per heavy atom. The Bertz CT molecular complexity index is 704. The molecule has 0 fully saturated rings. The van der Waals surface area contributed by atoms with Crippen molar-refractivity contribution in [2.45, 2.75) is 13.0 Å². The van der Waals surface area contributed by atoms with Crippen molar-refractivity contribution in [3.05, 3.63) is 47.5 Å².